The Labute approximate surface area is 126 Å². The highest BCUT2D eigenvalue weighted by Crippen LogP contribution is 2.24. The Morgan fingerprint density at radius 1 is 1.38 bits per heavy atom. The van der Waals surface area contributed by atoms with Crippen molar-refractivity contribution in [1.82, 2.24) is 4.72 Å². The summed E-state index contributed by atoms with van der Waals surface area (Å²) in [6, 6.07) is -0.740. The van der Waals surface area contributed by atoms with Crippen molar-refractivity contribution in [2.45, 2.75) is 51.3 Å². The molecule has 0 bridgehead atoms. The number of aliphatic carboxylic acids is 1. The molecule has 1 aliphatic rings. The van der Waals surface area contributed by atoms with Gasteiger partial charge in [0.25, 0.3) is 0 Å². The maximum Gasteiger partial charge on any atom is 0.304 e. The lowest BCUT2D eigenvalue weighted by Crippen LogP contribution is -2.44. The Hall–Kier alpha value is -0.670. The standard InChI is InChI=1S/C12H23NO6S2/c1-12(2,3)7-9(6-11(14)15)13-21(18,19)10-4-5-20(16,17)8-10/h9-10,13H,4-8H2,1-3H3,(H,14,15). The number of hydrogen-bond donors (Lipinski definition) is 2. The van der Waals surface area contributed by atoms with Gasteiger partial charge in [-0.3, -0.25) is 4.79 Å². The van der Waals surface area contributed by atoms with Gasteiger partial charge >= 0.3 is 5.97 Å². The van der Waals surface area contributed by atoms with Crippen LogP contribution in [0.15, 0.2) is 0 Å². The molecular formula is C12H23NO6S2. The van der Waals surface area contributed by atoms with Gasteiger partial charge in [-0.1, -0.05) is 20.8 Å². The van der Waals surface area contributed by atoms with E-state index in [-0.39, 0.29) is 24.0 Å². The summed E-state index contributed by atoms with van der Waals surface area (Å²) in [5.74, 6) is -1.62. The molecule has 0 saturated carbocycles. The highest BCUT2D eigenvalue weighted by Gasteiger charge is 2.38. The van der Waals surface area contributed by atoms with Crippen molar-refractivity contribution in [3.05, 3.63) is 0 Å². The molecule has 0 aromatic rings. The number of carboxylic acid groups (broad SMARTS) is 1. The summed E-state index contributed by atoms with van der Waals surface area (Å²) in [5, 5.41) is 7.91. The average Bonchev–Trinajstić information content (AvgIpc) is 2.54. The number of carbonyl (C=O) groups is 1. The Morgan fingerprint density at radius 2 is 1.95 bits per heavy atom. The molecule has 1 saturated heterocycles. The van der Waals surface area contributed by atoms with E-state index in [1.807, 2.05) is 20.8 Å². The minimum Gasteiger partial charge on any atom is -0.481 e. The number of hydrogen-bond acceptors (Lipinski definition) is 5. The molecule has 0 spiro atoms. The zero-order valence-corrected chi connectivity index (χ0v) is 14.1. The molecule has 9 heteroatoms. The smallest absolute Gasteiger partial charge is 0.304 e. The minimum absolute atomic E-state index is 0.0625. The zero-order valence-electron chi connectivity index (χ0n) is 12.5. The highest BCUT2D eigenvalue weighted by molar-refractivity contribution is 7.95. The van der Waals surface area contributed by atoms with E-state index in [9.17, 15) is 21.6 Å². The fourth-order valence-electron chi connectivity index (χ4n) is 2.44. The lowest BCUT2D eigenvalue weighted by molar-refractivity contribution is -0.137. The molecule has 124 valence electrons. The van der Waals surface area contributed by atoms with Gasteiger partial charge in [0.1, 0.15) is 0 Å². The Morgan fingerprint density at radius 3 is 2.33 bits per heavy atom. The summed E-state index contributed by atoms with van der Waals surface area (Å²) < 4.78 is 49.6. The summed E-state index contributed by atoms with van der Waals surface area (Å²) in [7, 11) is -7.15. The molecule has 1 heterocycles. The number of sulfone groups is 1. The van der Waals surface area contributed by atoms with Crippen LogP contribution in [-0.2, 0) is 24.7 Å². The van der Waals surface area contributed by atoms with Crippen LogP contribution < -0.4 is 4.72 Å². The van der Waals surface area contributed by atoms with Gasteiger partial charge in [0.15, 0.2) is 9.84 Å². The van der Waals surface area contributed by atoms with Crippen LogP contribution in [0.4, 0.5) is 0 Å². The molecule has 7 nitrogen and oxygen atoms in total. The van der Waals surface area contributed by atoms with Gasteiger partial charge in [-0.15, -0.1) is 0 Å². The van der Waals surface area contributed by atoms with E-state index in [0.29, 0.717) is 6.42 Å². The fourth-order valence-corrected chi connectivity index (χ4v) is 6.72. The van der Waals surface area contributed by atoms with Gasteiger partial charge < -0.3 is 5.11 Å². The van der Waals surface area contributed by atoms with Crippen molar-refractivity contribution < 1.29 is 26.7 Å². The van der Waals surface area contributed by atoms with Gasteiger partial charge in [0, 0.05) is 6.04 Å². The molecule has 0 aliphatic carbocycles. The van der Waals surface area contributed by atoms with Gasteiger partial charge in [0.2, 0.25) is 10.0 Å². The second-order valence-corrected chi connectivity index (χ2v) is 11.0. The van der Waals surface area contributed by atoms with Crippen molar-refractivity contribution in [1.29, 1.82) is 0 Å². The zero-order chi connectivity index (χ0) is 16.5. The topological polar surface area (TPSA) is 118 Å². The monoisotopic (exact) mass is 341 g/mol. The molecule has 1 fully saturated rings. The lowest BCUT2D eigenvalue weighted by atomic mass is 9.87. The first-order valence-corrected chi connectivity index (χ1v) is 10.1. The van der Waals surface area contributed by atoms with E-state index in [1.54, 1.807) is 0 Å². The van der Waals surface area contributed by atoms with Crippen LogP contribution in [0.3, 0.4) is 0 Å². The van der Waals surface area contributed by atoms with Crippen molar-refractivity contribution in [3.63, 3.8) is 0 Å². The maximum atomic E-state index is 12.2. The first-order valence-electron chi connectivity index (χ1n) is 6.74. The third kappa shape index (κ3) is 6.31. The third-order valence-corrected chi connectivity index (χ3v) is 7.16. The molecule has 0 radical (unpaired) electrons. The van der Waals surface area contributed by atoms with E-state index in [0.717, 1.165) is 0 Å². The maximum absolute atomic E-state index is 12.2. The van der Waals surface area contributed by atoms with Crippen LogP contribution in [0, 0.1) is 5.41 Å². The van der Waals surface area contributed by atoms with Crippen LogP contribution in [0.5, 0.6) is 0 Å². The Balaban J connectivity index is 2.84. The lowest BCUT2D eigenvalue weighted by Gasteiger charge is -2.26. The molecule has 0 aromatic carbocycles. The number of nitrogens with one attached hydrogen (secondary N) is 1. The summed E-state index contributed by atoms with van der Waals surface area (Å²) in [6.07, 6.45) is 0.0982. The first kappa shape index (κ1) is 18.4. The Kier molecular flexibility index (Phi) is 5.44. The molecule has 2 N–H and O–H groups in total. The van der Waals surface area contributed by atoms with Crippen molar-refractivity contribution >= 4 is 25.8 Å². The first-order chi connectivity index (χ1) is 9.31. The van der Waals surface area contributed by atoms with Crippen molar-refractivity contribution in [2.75, 3.05) is 11.5 Å². The number of sulfonamides is 1. The molecule has 2 atom stereocenters. The van der Waals surface area contributed by atoms with Crippen LogP contribution in [0.2, 0.25) is 0 Å². The number of carboxylic acids is 1. The molecule has 1 rings (SSSR count). The predicted molar refractivity (Wildman–Crippen MR) is 79.2 cm³/mol. The number of rotatable bonds is 6. The van der Waals surface area contributed by atoms with Crippen molar-refractivity contribution in [2.24, 2.45) is 5.41 Å². The summed E-state index contributed by atoms with van der Waals surface area (Å²) >= 11 is 0. The normalized spacial score (nSPS) is 23.9. The summed E-state index contributed by atoms with van der Waals surface area (Å²) in [5.41, 5.74) is -0.246. The molecule has 1 aliphatic heterocycles. The van der Waals surface area contributed by atoms with Crippen LogP contribution in [0.1, 0.15) is 40.0 Å². The second kappa shape index (κ2) is 6.21. The minimum atomic E-state index is -3.84. The third-order valence-electron chi connectivity index (χ3n) is 3.24. The summed E-state index contributed by atoms with van der Waals surface area (Å²) in [6.45, 7) is 5.66. The fraction of sp³-hybridized carbons (Fsp3) is 0.917. The predicted octanol–water partition coefficient (Wildman–Crippen LogP) is 0.372. The largest absolute Gasteiger partial charge is 0.481 e. The van der Waals surface area contributed by atoms with E-state index < -0.39 is 42.9 Å². The molecule has 0 amide bonds. The molecule has 21 heavy (non-hydrogen) atoms. The second-order valence-electron chi connectivity index (χ2n) is 6.75. The van der Waals surface area contributed by atoms with E-state index in [2.05, 4.69) is 4.72 Å². The van der Waals surface area contributed by atoms with Crippen LogP contribution in [0.25, 0.3) is 0 Å². The SMILES string of the molecule is CC(C)(C)CC(CC(=O)O)NS(=O)(=O)C1CCS(=O)(=O)C1. The van der Waals surface area contributed by atoms with Gasteiger partial charge in [-0.2, -0.15) is 0 Å². The van der Waals surface area contributed by atoms with E-state index in [4.69, 9.17) is 5.11 Å². The van der Waals surface area contributed by atoms with Crippen LogP contribution >= 0.6 is 0 Å². The van der Waals surface area contributed by atoms with E-state index >= 15 is 0 Å². The molecule has 2 unspecified atom stereocenters. The average molecular weight is 341 g/mol. The van der Waals surface area contributed by atoms with Crippen LogP contribution in [-0.4, -0.2) is 50.7 Å². The summed E-state index contributed by atoms with van der Waals surface area (Å²) in [4.78, 5) is 10.9. The highest BCUT2D eigenvalue weighted by atomic mass is 32.2. The quantitative estimate of drug-likeness (QED) is 0.721. The van der Waals surface area contributed by atoms with Gasteiger partial charge in [0.05, 0.1) is 23.2 Å². The van der Waals surface area contributed by atoms with Gasteiger partial charge in [-0.25, -0.2) is 21.6 Å². The molecule has 0 aromatic heterocycles. The van der Waals surface area contributed by atoms with Crippen molar-refractivity contribution in [3.8, 4) is 0 Å². The van der Waals surface area contributed by atoms with E-state index in [1.165, 1.54) is 0 Å². The van der Waals surface area contributed by atoms with Gasteiger partial charge in [-0.05, 0) is 18.3 Å². The Bertz CT molecular complexity index is 588. The molecular weight excluding hydrogens is 318 g/mol.